The van der Waals surface area contributed by atoms with E-state index in [0.29, 0.717) is 23.0 Å². The molecule has 0 atom stereocenters. The number of amides is 2. The fourth-order valence-electron chi connectivity index (χ4n) is 3.21. The van der Waals surface area contributed by atoms with Crippen molar-refractivity contribution in [2.75, 3.05) is 23.9 Å². The monoisotopic (exact) mass is 388 g/mol. The van der Waals surface area contributed by atoms with Gasteiger partial charge in [0.25, 0.3) is 0 Å². The standard InChI is InChI=1S/C21H25ClN2O3/c1-13-10-14(2)21(15(3)11-13)24(16(4)25)9-8-20(26)23-17-6-7-19(27-5)18(22)12-17/h6-7,10-12H,8-9H2,1-5H3,(H,23,26). The first kappa shape index (κ1) is 20.8. The minimum absolute atomic E-state index is 0.0923. The zero-order chi connectivity index (χ0) is 20.1. The van der Waals surface area contributed by atoms with Crippen LogP contribution in [0, 0.1) is 20.8 Å². The molecular formula is C21H25ClN2O3. The maximum Gasteiger partial charge on any atom is 0.226 e. The Bertz CT molecular complexity index is 841. The van der Waals surface area contributed by atoms with Gasteiger partial charge in [-0.15, -0.1) is 0 Å². The topological polar surface area (TPSA) is 58.6 Å². The van der Waals surface area contributed by atoms with Crippen molar-refractivity contribution in [2.24, 2.45) is 0 Å². The minimum atomic E-state index is -0.190. The van der Waals surface area contributed by atoms with Crippen molar-refractivity contribution in [3.8, 4) is 5.75 Å². The molecule has 2 aromatic rings. The van der Waals surface area contributed by atoms with E-state index in [1.165, 1.54) is 14.0 Å². The molecule has 0 heterocycles. The van der Waals surface area contributed by atoms with Gasteiger partial charge in [-0.05, 0) is 50.1 Å². The molecule has 0 aliphatic rings. The molecule has 2 amide bonds. The molecule has 0 fully saturated rings. The third-order valence-electron chi connectivity index (χ3n) is 4.28. The average Bonchev–Trinajstić information content (AvgIpc) is 2.56. The van der Waals surface area contributed by atoms with E-state index >= 15 is 0 Å². The molecular weight excluding hydrogens is 364 g/mol. The van der Waals surface area contributed by atoms with E-state index in [-0.39, 0.29) is 18.2 Å². The summed E-state index contributed by atoms with van der Waals surface area (Å²) in [7, 11) is 1.53. The van der Waals surface area contributed by atoms with Crippen LogP contribution >= 0.6 is 11.6 Å². The summed E-state index contributed by atoms with van der Waals surface area (Å²) in [5, 5.41) is 3.22. The molecule has 0 bridgehead atoms. The van der Waals surface area contributed by atoms with Crippen molar-refractivity contribution >= 4 is 34.8 Å². The van der Waals surface area contributed by atoms with Crippen molar-refractivity contribution in [3.05, 3.63) is 52.0 Å². The number of halogens is 1. The van der Waals surface area contributed by atoms with Crippen LogP contribution < -0.4 is 15.0 Å². The molecule has 0 spiro atoms. The molecule has 0 aliphatic heterocycles. The second kappa shape index (κ2) is 8.91. The molecule has 2 rings (SSSR count). The van der Waals surface area contributed by atoms with Gasteiger partial charge in [0.1, 0.15) is 5.75 Å². The van der Waals surface area contributed by atoms with Crippen molar-refractivity contribution in [1.29, 1.82) is 0 Å². The summed E-state index contributed by atoms with van der Waals surface area (Å²) in [4.78, 5) is 26.2. The molecule has 1 N–H and O–H groups in total. The van der Waals surface area contributed by atoms with Crippen molar-refractivity contribution in [1.82, 2.24) is 0 Å². The molecule has 2 aromatic carbocycles. The lowest BCUT2D eigenvalue weighted by Gasteiger charge is -2.25. The number of anilines is 2. The van der Waals surface area contributed by atoms with Crippen molar-refractivity contribution in [2.45, 2.75) is 34.1 Å². The predicted octanol–water partition coefficient (Wildman–Crippen LogP) is 4.66. The van der Waals surface area contributed by atoms with Crippen LogP contribution in [0.4, 0.5) is 11.4 Å². The van der Waals surface area contributed by atoms with Crippen LogP contribution in [0.2, 0.25) is 5.02 Å². The Morgan fingerprint density at radius 3 is 2.26 bits per heavy atom. The summed E-state index contributed by atoms with van der Waals surface area (Å²) in [6.45, 7) is 7.79. The predicted molar refractivity (Wildman–Crippen MR) is 110 cm³/mol. The summed E-state index contributed by atoms with van der Waals surface area (Å²) in [5.41, 5.74) is 4.64. The fourth-order valence-corrected chi connectivity index (χ4v) is 3.46. The number of nitrogens with one attached hydrogen (secondary N) is 1. The van der Waals surface area contributed by atoms with Crippen molar-refractivity contribution < 1.29 is 14.3 Å². The summed E-state index contributed by atoms with van der Waals surface area (Å²) < 4.78 is 5.10. The highest BCUT2D eigenvalue weighted by Gasteiger charge is 2.18. The largest absolute Gasteiger partial charge is 0.495 e. The van der Waals surface area contributed by atoms with E-state index in [0.717, 1.165) is 22.4 Å². The van der Waals surface area contributed by atoms with Gasteiger partial charge in [-0.1, -0.05) is 29.3 Å². The van der Waals surface area contributed by atoms with E-state index in [4.69, 9.17) is 16.3 Å². The molecule has 144 valence electrons. The second-order valence-corrected chi connectivity index (χ2v) is 6.97. The SMILES string of the molecule is COc1ccc(NC(=O)CCN(C(C)=O)c2c(C)cc(C)cc2C)cc1Cl. The van der Waals surface area contributed by atoms with E-state index in [1.807, 2.05) is 32.9 Å². The molecule has 0 aliphatic carbocycles. The number of carbonyl (C=O) groups excluding carboxylic acids is 2. The maximum atomic E-state index is 12.3. The highest BCUT2D eigenvalue weighted by molar-refractivity contribution is 6.32. The number of aryl methyl sites for hydroxylation is 3. The number of carbonyl (C=O) groups is 2. The van der Waals surface area contributed by atoms with Crippen LogP contribution in [0.1, 0.15) is 30.0 Å². The van der Waals surface area contributed by atoms with Gasteiger partial charge < -0.3 is 15.0 Å². The second-order valence-electron chi connectivity index (χ2n) is 6.57. The molecule has 0 saturated carbocycles. The number of benzene rings is 2. The molecule has 0 saturated heterocycles. The van der Waals surface area contributed by atoms with Crippen LogP contribution in [0.25, 0.3) is 0 Å². The Morgan fingerprint density at radius 2 is 1.74 bits per heavy atom. The normalized spacial score (nSPS) is 10.4. The Hall–Kier alpha value is -2.53. The maximum absolute atomic E-state index is 12.3. The molecule has 0 radical (unpaired) electrons. The number of hydrogen-bond acceptors (Lipinski definition) is 3. The van der Waals surface area contributed by atoms with Gasteiger partial charge in [-0.3, -0.25) is 9.59 Å². The Balaban J connectivity index is 2.09. The van der Waals surface area contributed by atoms with Crippen LogP contribution in [0.5, 0.6) is 5.75 Å². The number of rotatable bonds is 6. The summed E-state index contributed by atoms with van der Waals surface area (Å²) in [5.74, 6) is 0.262. The van der Waals surface area contributed by atoms with Gasteiger partial charge >= 0.3 is 0 Å². The van der Waals surface area contributed by atoms with E-state index in [1.54, 1.807) is 23.1 Å². The first-order chi connectivity index (χ1) is 12.7. The van der Waals surface area contributed by atoms with Gasteiger partial charge in [-0.2, -0.15) is 0 Å². The Morgan fingerprint density at radius 1 is 1.11 bits per heavy atom. The van der Waals surface area contributed by atoms with E-state index in [2.05, 4.69) is 5.32 Å². The Labute approximate surface area is 165 Å². The van der Waals surface area contributed by atoms with E-state index < -0.39 is 0 Å². The Kier molecular flexibility index (Phi) is 6.86. The summed E-state index contributed by atoms with van der Waals surface area (Å²) in [6, 6.07) is 9.13. The smallest absolute Gasteiger partial charge is 0.226 e. The van der Waals surface area contributed by atoms with Crippen LogP contribution in [0.3, 0.4) is 0 Å². The van der Waals surface area contributed by atoms with Gasteiger partial charge in [0.2, 0.25) is 11.8 Å². The quantitative estimate of drug-likeness (QED) is 0.783. The van der Waals surface area contributed by atoms with Crippen LogP contribution in [-0.2, 0) is 9.59 Å². The molecule has 0 unspecified atom stereocenters. The molecule has 6 heteroatoms. The van der Waals surface area contributed by atoms with Gasteiger partial charge in [0.15, 0.2) is 0 Å². The summed E-state index contributed by atoms with van der Waals surface area (Å²) >= 11 is 6.08. The third kappa shape index (κ3) is 5.23. The van der Waals surface area contributed by atoms with Crippen molar-refractivity contribution in [3.63, 3.8) is 0 Å². The first-order valence-corrected chi connectivity index (χ1v) is 9.10. The van der Waals surface area contributed by atoms with E-state index in [9.17, 15) is 9.59 Å². The number of hydrogen-bond donors (Lipinski definition) is 1. The highest BCUT2D eigenvalue weighted by Crippen LogP contribution is 2.28. The molecule has 5 nitrogen and oxygen atoms in total. The van der Waals surface area contributed by atoms with Crippen LogP contribution in [-0.4, -0.2) is 25.5 Å². The lowest BCUT2D eigenvalue weighted by atomic mass is 10.0. The molecule has 27 heavy (non-hydrogen) atoms. The van der Waals surface area contributed by atoms with Crippen LogP contribution in [0.15, 0.2) is 30.3 Å². The zero-order valence-electron chi connectivity index (χ0n) is 16.4. The minimum Gasteiger partial charge on any atom is -0.495 e. The third-order valence-corrected chi connectivity index (χ3v) is 4.58. The number of nitrogens with zero attached hydrogens (tertiary/aromatic N) is 1. The van der Waals surface area contributed by atoms with Gasteiger partial charge in [0.05, 0.1) is 12.1 Å². The summed E-state index contributed by atoms with van der Waals surface area (Å²) in [6.07, 6.45) is 0.177. The lowest BCUT2D eigenvalue weighted by Crippen LogP contribution is -2.33. The fraction of sp³-hybridized carbons (Fsp3) is 0.333. The number of methoxy groups -OCH3 is 1. The first-order valence-electron chi connectivity index (χ1n) is 8.72. The van der Waals surface area contributed by atoms with Gasteiger partial charge in [0, 0.05) is 31.3 Å². The highest BCUT2D eigenvalue weighted by atomic mass is 35.5. The van der Waals surface area contributed by atoms with Gasteiger partial charge in [-0.25, -0.2) is 0 Å². The average molecular weight is 389 g/mol. The lowest BCUT2D eigenvalue weighted by molar-refractivity contribution is -0.117. The zero-order valence-corrected chi connectivity index (χ0v) is 17.1. The number of ether oxygens (including phenoxy) is 1. The molecule has 0 aromatic heterocycles.